The quantitative estimate of drug-likeness (QED) is 0.0572. The average Bonchev–Trinajstić information content (AvgIpc) is 2.81. The molecule has 0 saturated carbocycles. The molecule has 192 valence electrons. The van der Waals surface area contributed by atoms with E-state index in [0.717, 1.165) is 63.9 Å². The van der Waals surface area contributed by atoms with Gasteiger partial charge in [0, 0.05) is 26.1 Å². The van der Waals surface area contributed by atoms with E-state index in [0.29, 0.717) is 26.1 Å². The van der Waals surface area contributed by atoms with E-state index in [9.17, 15) is 9.59 Å². The van der Waals surface area contributed by atoms with Gasteiger partial charge in [-0.25, -0.2) is 0 Å². The van der Waals surface area contributed by atoms with Gasteiger partial charge >= 0.3 is 0 Å². The third-order valence-corrected chi connectivity index (χ3v) is 5.40. The van der Waals surface area contributed by atoms with Gasteiger partial charge in [-0.2, -0.15) is 0 Å². The lowest BCUT2D eigenvalue weighted by Crippen LogP contribution is -2.24. The highest BCUT2D eigenvalue weighted by Gasteiger charge is 2.12. The van der Waals surface area contributed by atoms with Gasteiger partial charge in [0.15, 0.2) is 12.6 Å². The number of carbonyl (C=O) groups excluding carboxylic acids is 2. The van der Waals surface area contributed by atoms with Crippen LogP contribution in [0.25, 0.3) is 0 Å². The number of carbonyl (C=O) groups is 2. The maximum absolute atomic E-state index is 10.3. The maximum atomic E-state index is 10.3. The fraction of sp³-hybridized carbons (Fsp3) is 0.786. The number of hydrogen-bond donors (Lipinski definition) is 0. The van der Waals surface area contributed by atoms with Crippen molar-refractivity contribution in [2.24, 2.45) is 0 Å². The van der Waals surface area contributed by atoms with E-state index in [4.69, 9.17) is 14.2 Å². The summed E-state index contributed by atoms with van der Waals surface area (Å²) in [6, 6.07) is 0. The number of allylic oxidation sites excluding steroid dienone is 2. The van der Waals surface area contributed by atoms with Crippen molar-refractivity contribution in [1.82, 2.24) is 0 Å². The molecular formula is C28H50O5. The summed E-state index contributed by atoms with van der Waals surface area (Å²) in [6.45, 7) is 5.12. The van der Waals surface area contributed by atoms with Crippen LogP contribution in [0, 0.1) is 0 Å². The highest BCUT2D eigenvalue weighted by molar-refractivity contribution is 5.49. The van der Waals surface area contributed by atoms with Gasteiger partial charge in [0.2, 0.25) is 0 Å². The van der Waals surface area contributed by atoms with Crippen LogP contribution in [0.2, 0.25) is 0 Å². The molecule has 5 heteroatoms. The molecule has 0 aromatic carbocycles. The molecule has 33 heavy (non-hydrogen) atoms. The zero-order valence-corrected chi connectivity index (χ0v) is 21.4. The van der Waals surface area contributed by atoms with Gasteiger partial charge < -0.3 is 23.8 Å². The van der Waals surface area contributed by atoms with E-state index in [1.807, 2.05) is 26.0 Å². The SMILES string of the molecule is CCOC(C=CCCCCCCCCC=O)OC(C=CCCCCCCCCC=O)OCC. The fourth-order valence-electron chi connectivity index (χ4n) is 3.55. The number of aldehydes is 2. The van der Waals surface area contributed by atoms with Crippen molar-refractivity contribution in [3.05, 3.63) is 24.3 Å². The Hall–Kier alpha value is -1.30. The lowest BCUT2D eigenvalue weighted by atomic mass is 10.1. The van der Waals surface area contributed by atoms with Crippen molar-refractivity contribution < 1.29 is 23.8 Å². The highest BCUT2D eigenvalue weighted by Crippen LogP contribution is 2.12. The number of rotatable bonds is 26. The first-order valence-corrected chi connectivity index (χ1v) is 13.4. The molecule has 0 aliphatic heterocycles. The highest BCUT2D eigenvalue weighted by atomic mass is 16.8. The lowest BCUT2D eigenvalue weighted by Gasteiger charge is -2.20. The Balaban J connectivity index is 4.09. The first-order valence-electron chi connectivity index (χ1n) is 13.4. The normalized spacial score (nSPS) is 13.6. The topological polar surface area (TPSA) is 61.8 Å². The standard InChI is InChI=1S/C28H50O5/c1-3-31-27(23-19-15-11-7-5-9-13-17-21-25-29)33-28(32-4-2)24-20-16-12-8-6-10-14-18-22-26-30/h19-20,23-28H,3-18,21-22H2,1-2H3. The summed E-state index contributed by atoms with van der Waals surface area (Å²) in [5.74, 6) is 0. The molecule has 2 atom stereocenters. The lowest BCUT2D eigenvalue weighted by molar-refractivity contribution is -0.204. The van der Waals surface area contributed by atoms with Gasteiger partial charge in [0.1, 0.15) is 12.6 Å². The molecule has 0 heterocycles. The molecule has 0 bridgehead atoms. The van der Waals surface area contributed by atoms with Gasteiger partial charge in [-0.1, -0.05) is 63.5 Å². The molecule has 0 rings (SSSR count). The van der Waals surface area contributed by atoms with Crippen molar-refractivity contribution in [3.8, 4) is 0 Å². The second kappa shape index (κ2) is 26.9. The number of hydrogen-bond acceptors (Lipinski definition) is 5. The smallest absolute Gasteiger partial charge is 0.180 e. The first kappa shape index (κ1) is 31.7. The summed E-state index contributed by atoms with van der Waals surface area (Å²) < 4.78 is 17.5. The Morgan fingerprint density at radius 1 is 0.515 bits per heavy atom. The van der Waals surface area contributed by atoms with Gasteiger partial charge in [0.05, 0.1) is 0 Å². The van der Waals surface area contributed by atoms with Crippen molar-refractivity contribution in [1.29, 1.82) is 0 Å². The molecule has 0 radical (unpaired) electrons. The van der Waals surface area contributed by atoms with Gasteiger partial charge in [-0.3, -0.25) is 0 Å². The molecule has 5 nitrogen and oxygen atoms in total. The van der Waals surface area contributed by atoms with Crippen molar-refractivity contribution in [2.45, 2.75) is 129 Å². The number of ether oxygens (including phenoxy) is 3. The van der Waals surface area contributed by atoms with Crippen LogP contribution in [0.15, 0.2) is 24.3 Å². The van der Waals surface area contributed by atoms with Crippen LogP contribution < -0.4 is 0 Å². The molecule has 0 aliphatic rings. The molecule has 0 aliphatic carbocycles. The Morgan fingerprint density at radius 2 is 0.848 bits per heavy atom. The summed E-state index contributed by atoms with van der Waals surface area (Å²) in [7, 11) is 0. The van der Waals surface area contributed by atoms with E-state index >= 15 is 0 Å². The van der Waals surface area contributed by atoms with E-state index in [2.05, 4.69) is 12.2 Å². The van der Waals surface area contributed by atoms with Crippen LogP contribution >= 0.6 is 0 Å². The summed E-state index contributed by atoms with van der Waals surface area (Å²) >= 11 is 0. The Bertz CT molecular complexity index is 433. The van der Waals surface area contributed by atoms with E-state index < -0.39 is 12.6 Å². The zero-order chi connectivity index (χ0) is 24.2. The molecule has 0 N–H and O–H groups in total. The Morgan fingerprint density at radius 3 is 1.18 bits per heavy atom. The van der Waals surface area contributed by atoms with Crippen molar-refractivity contribution in [2.75, 3.05) is 13.2 Å². The molecule has 0 fully saturated rings. The second-order valence-electron chi connectivity index (χ2n) is 8.37. The molecule has 0 aromatic rings. The predicted molar refractivity (Wildman–Crippen MR) is 136 cm³/mol. The van der Waals surface area contributed by atoms with Crippen LogP contribution in [0.5, 0.6) is 0 Å². The largest absolute Gasteiger partial charge is 0.349 e. The fourth-order valence-corrected chi connectivity index (χ4v) is 3.55. The van der Waals surface area contributed by atoms with Crippen LogP contribution in [-0.2, 0) is 23.8 Å². The van der Waals surface area contributed by atoms with Crippen molar-refractivity contribution in [3.63, 3.8) is 0 Å². The molecule has 2 unspecified atom stereocenters. The third kappa shape index (κ3) is 23.6. The summed E-state index contributed by atoms with van der Waals surface area (Å²) in [5, 5.41) is 0. The van der Waals surface area contributed by atoms with Crippen LogP contribution in [0.1, 0.15) is 117 Å². The summed E-state index contributed by atoms with van der Waals surface area (Å²) in [4.78, 5) is 20.6. The van der Waals surface area contributed by atoms with Gasteiger partial charge in [0.25, 0.3) is 0 Å². The summed E-state index contributed by atoms with van der Waals surface area (Å²) in [5.41, 5.74) is 0. The maximum Gasteiger partial charge on any atom is 0.180 e. The van der Waals surface area contributed by atoms with Crippen LogP contribution in [0.3, 0.4) is 0 Å². The van der Waals surface area contributed by atoms with Crippen molar-refractivity contribution >= 4 is 12.6 Å². The third-order valence-electron chi connectivity index (χ3n) is 5.40. The zero-order valence-electron chi connectivity index (χ0n) is 21.4. The molecule has 0 aromatic heterocycles. The molecular weight excluding hydrogens is 416 g/mol. The monoisotopic (exact) mass is 466 g/mol. The minimum absolute atomic E-state index is 0.397. The van der Waals surface area contributed by atoms with Crippen LogP contribution in [-0.4, -0.2) is 38.4 Å². The molecule has 0 amide bonds. The minimum atomic E-state index is -0.397. The summed E-state index contributed by atoms with van der Waals surface area (Å²) in [6.07, 6.45) is 27.0. The van der Waals surface area contributed by atoms with Gasteiger partial charge in [-0.05, 0) is 64.5 Å². The number of unbranched alkanes of at least 4 members (excludes halogenated alkanes) is 14. The van der Waals surface area contributed by atoms with Crippen LogP contribution in [0.4, 0.5) is 0 Å². The van der Waals surface area contributed by atoms with E-state index in [1.165, 1.54) is 38.5 Å². The predicted octanol–water partition coefficient (Wildman–Crippen LogP) is 7.48. The Kier molecular flexibility index (Phi) is 25.9. The van der Waals surface area contributed by atoms with E-state index in [-0.39, 0.29) is 0 Å². The van der Waals surface area contributed by atoms with Gasteiger partial charge in [-0.15, -0.1) is 0 Å². The Labute approximate surface area is 203 Å². The second-order valence-corrected chi connectivity index (χ2v) is 8.37. The van der Waals surface area contributed by atoms with E-state index in [1.54, 1.807) is 0 Å². The minimum Gasteiger partial charge on any atom is -0.349 e. The molecule has 0 spiro atoms. The average molecular weight is 467 g/mol. The molecule has 0 saturated heterocycles. The first-order chi connectivity index (χ1) is 16.3.